The average Bonchev–Trinajstić information content (AvgIpc) is 2.70. The van der Waals surface area contributed by atoms with Crippen molar-refractivity contribution >= 4 is 5.84 Å². The van der Waals surface area contributed by atoms with E-state index in [9.17, 15) is 0 Å². The molecule has 156 valence electrons. The molecular formula is C22H41N3O2. The van der Waals surface area contributed by atoms with E-state index in [4.69, 9.17) is 15.7 Å². The smallest absolute Gasteiger partial charge is 0.142 e. The molecule has 5 nitrogen and oxygen atoms in total. The lowest BCUT2D eigenvalue weighted by molar-refractivity contribution is -0.00418. The van der Waals surface area contributed by atoms with Gasteiger partial charge in [-0.15, -0.1) is 0 Å². The maximum atomic E-state index is 8.86. The topological polar surface area (TPSA) is 71.1 Å². The maximum absolute atomic E-state index is 8.86. The van der Waals surface area contributed by atoms with Crippen LogP contribution in [0.2, 0.25) is 0 Å². The molecule has 27 heavy (non-hydrogen) atoms. The zero-order valence-corrected chi connectivity index (χ0v) is 17.3. The number of piperidine rings is 1. The number of oxime groups is 1. The second-order valence-electron chi connectivity index (χ2n) is 9.38. The molecule has 3 fully saturated rings. The number of likely N-dealkylation sites (tertiary alicyclic amines) is 1. The Morgan fingerprint density at radius 2 is 1.74 bits per heavy atom. The predicted molar refractivity (Wildman–Crippen MR) is 110 cm³/mol. The molecule has 0 spiro atoms. The summed E-state index contributed by atoms with van der Waals surface area (Å²) >= 11 is 0. The van der Waals surface area contributed by atoms with Gasteiger partial charge < -0.3 is 15.7 Å². The molecule has 2 atom stereocenters. The van der Waals surface area contributed by atoms with Crippen molar-refractivity contribution in [1.82, 2.24) is 4.90 Å². The van der Waals surface area contributed by atoms with Crippen LogP contribution in [-0.4, -0.2) is 47.8 Å². The summed E-state index contributed by atoms with van der Waals surface area (Å²) in [5.41, 5.74) is 5.78. The van der Waals surface area contributed by atoms with Crippen LogP contribution in [-0.2, 0) is 4.74 Å². The van der Waals surface area contributed by atoms with Gasteiger partial charge in [0.2, 0.25) is 0 Å². The molecular weight excluding hydrogens is 338 g/mol. The molecule has 5 heteroatoms. The molecule has 3 N–H and O–H groups in total. The molecule has 0 aromatic carbocycles. The minimum Gasteiger partial charge on any atom is -0.409 e. The van der Waals surface area contributed by atoms with Gasteiger partial charge in [0.25, 0.3) is 0 Å². The Balaban J connectivity index is 1.28. The van der Waals surface area contributed by atoms with E-state index in [1.165, 1.54) is 64.2 Å². The van der Waals surface area contributed by atoms with Crippen LogP contribution in [0, 0.1) is 17.8 Å². The highest BCUT2D eigenvalue weighted by molar-refractivity contribution is 5.82. The summed E-state index contributed by atoms with van der Waals surface area (Å²) in [4.78, 5) is 2.50. The van der Waals surface area contributed by atoms with Crippen LogP contribution in [0.15, 0.2) is 5.16 Å². The standard InChI is InChI=1S/C22H41N3O2/c1-17-15-20(22(23)24-26)11-12-25(17)13-14-27-21-9-7-19(8-10-21)16-18-5-3-2-4-6-18/h17-21,26H,2-16H2,1H3,(H2,23,24). The van der Waals surface area contributed by atoms with Crippen LogP contribution < -0.4 is 5.73 Å². The summed E-state index contributed by atoms with van der Waals surface area (Å²) in [6.07, 6.45) is 16.6. The van der Waals surface area contributed by atoms with E-state index in [2.05, 4.69) is 17.0 Å². The Labute approximate surface area is 165 Å². The van der Waals surface area contributed by atoms with E-state index in [-0.39, 0.29) is 5.92 Å². The molecule has 2 saturated carbocycles. The molecule has 1 saturated heterocycles. The van der Waals surface area contributed by atoms with Crippen molar-refractivity contribution in [2.75, 3.05) is 19.7 Å². The summed E-state index contributed by atoms with van der Waals surface area (Å²) < 4.78 is 6.24. The zero-order valence-electron chi connectivity index (χ0n) is 17.3. The largest absolute Gasteiger partial charge is 0.409 e. The summed E-state index contributed by atoms with van der Waals surface area (Å²) in [5, 5.41) is 12.1. The van der Waals surface area contributed by atoms with Crippen molar-refractivity contribution in [3.8, 4) is 0 Å². The number of nitrogens with two attached hydrogens (primary N) is 1. The van der Waals surface area contributed by atoms with Crippen molar-refractivity contribution in [1.29, 1.82) is 0 Å². The third-order valence-electron chi connectivity index (χ3n) is 7.46. The molecule has 1 aliphatic heterocycles. The van der Waals surface area contributed by atoms with Crippen molar-refractivity contribution in [3.63, 3.8) is 0 Å². The Morgan fingerprint density at radius 3 is 2.41 bits per heavy atom. The van der Waals surface area contributed by atoms with Gasteiger partial charge in [-0.3, -0.25) is 4.90 Å². The van der Waals surface area contributed by atoms with Crippen molar-refractivity contribution in [2.45, 2.75) is 96.1 Å². The van der Waals surface area contributed by atoms with Gasteiger partial charge in [-0.2, -0.15) is 0 Å². The van der Waals surface area contributed by atoms with Crippen molar-refractivity contribution in [2.24, 2.45) is 28.6 Å². The highest BCUT2D eigenvalue weighted by Gasteiger charge is 2.28. The van der Waals surface area contributed by atoms with Gasteiger partial charge in [0.05, 0.1) is 12.7 Å². The van der Waals surface area contributed by atoms with Crippen molar-refractivity contribution < 1.29 is 9.94 Å². The first kappa shape index (κ1) is 20.9. The molecule has 0 bridgehead atoms. The lowest BCUT2D eigenvalue weighted by atomic mass is 9.77. The zero-order chi connectivity index (χ0) is 19.1. The highest BCUT2D eigenvalue weighted by Crippen LogP contribution is 2.36. The first-order chi connectivity index (χ1) is 13.2. The molecule has 2 aliphatic carbocycles. The number of amidine groups is 1. The van der Waals surface area contributed by atoms with E-state index in [0.717, 1.165) is 44.4 Å². The average molecular weight is 380 g/mol. The van der Waals surface area contributed by atoms with Crippen LogP contribution in [0.4, 0.5) is 0 Å². The van der Waals surface area contributed by atoms with Crippen LogP contribution >= 0.6 is 0 Å². The monoisotopic (exact) mass is 379 g/mol. The Bertz CT molecular complexity index is 456. The SMILES string of the molecule is CC1CC(/C(N)=N/O)CCN1CCOC1CCC(CC2CCCCC2)CC1. The fraction of sp³-hybridized carbons (Fsp3) is 0.955. The Kier molecular flexibility index (Phi) is 8.25. The number of hydrogen-bond donors (Lipinski definition) is 2. The normalized spacial score (nSPS) is 34.6. The first-order valence-electron chi connectivity index (χ1n) is 11.5. The molecule has 0 aromatic rings. The van der Waals surface area contributed by atoms with E-state index in [1.807, 2.05) is 0 Å². The van der Waals surface area contributed by atoms with E-state index < -0.39 is 0 Å². The summed E-state index contributed by atoms with van der Waals surface area (Å²) in [6.45, 7) is 5.11. The van der Waals surface area contributed by atoms with Gasteiger partial charge in [0, 0.05) is 18.5 Å². The molecule has 1 heterocycles. The number of hydrogen-bond acceptors (Lipinski definition) is 4. The van der Waals surface area contributed by atoms with Crippen LogP contribution in [0.3, 0.4) is 0 Å². The van der Waals surface area contributed by atoms with E-state index in [0.29, 0.717) is 18.0 Å². The molecule has 0 aromatic heterocycles. The quantitative estimate of drug-likeness (QED) is 0.298. The minimum absolute atomic E-state index is 0.224. The number of ether oxygens (including phenoxy) is 1. The molecule has 0 amide bonds. The second-order valence-corrected chi connectivity index (χ2v) is 9.38. The molecule has 2 unspecified atom stereocenters. The van der Waals surface area contributed by atoms with Gasteiger partial charge in [0.15, 0.2) is 0 Å². The second kappa shape index (κ2) is 10.7. The van der Waals surface area contributed by atoms with E-state index >= 15 is 0 Å². The van der Waals surface area contributed by atoms with Gasteiger partial charge in [-0.1, -0.05) is 37.3 Å². The number of rotatable bonds is 7. The van der Waals surface area contributed by atoms with Crippen LogP contribution in [0.1, 0.15) is 84.0 Å². The Hall–Kier alpha value is -0.810. The highest BCUT2D eigenvalue weighted by atomic mass is 16.5. The summed E-state index contributed by atoms with van der Waals surface area (Å²) in [5.74, 6) is 2.60. The lowest BCUT2D eigenvalue weighted by Gasteiger charge is -2.37. The summed E-state index contributed by atoms with van der Waals surface area (Å²) in [6, 6.07) is 0.471. The van der Waals surface area contributed by atoms with Crippen LogP contribution in [0.5, 0.6) is 0 Å². The Morgan fingerprint density at radius 1 is 1.04 bits per heavy atom. The fourth-order valence-corrected chi connectivity index (χ4v) is 5.67. The summed E-state index contributed by atoms with van der Waals surface area (Å²) in [7, 11) is 0. The van der Waals surface area contributed by atoms with Gasteiger partial charge in [-0.05, 0) is 70.3 Å². The molecule has 0 radical (unpaired) electrons. The van der Waals surface area contributed by atoms with Gasteiger partial charge in [0.1, 0.15) is 5.84 Å². The third-order valence-corrected chi connectivity index (χ3v) is 7.46. The number of nitrogens with zero attached hydrogens (tertiary/aromatic N) is 2. The van der Waals surface area contributed by atoms with E-state index in [1.54, 1.807) is 0 Å². The third kappa shape index (κ3) is 6.35. The minimum atomic E-state index is 0.224. The van der Waals surface area contributed by atoms with Gasteiger partial charge >= 0.3 is 0 Å². The fourth-order valence-electron chi connectivity index (χ4n) is 5.67. The maximum Gasteiger partial charge on any atom is 0.142 e. The van der Waals surface area contributed by atoms with Crippen LogP contribution in [0.25, 0.3) is 0 Å². The lowest BCUT2D eigenvalue weighted by Crippen LogP contribution is -2.45. The molecule has 3 rings (SSSR count). The predicted octanol–water partition coefficient (Wildman–Crippen LogP) is 4.38. The van der Waals surface area contributed by atoms with Crippen molar-refractivity contribution in [3.05, 3.63) is 0 Å². The van der Waals surface area contributed by atoms with Gasteiger partial charge in [-0.25, -0.2) is 0 Å². The molecule has 3 aliphatic rings. The first-order valence-corrected chi connectivity index (χ1v) is 11.5.